The number of carbonyl (C=O) groups is 1. The van der Waals surface area contributed by atoms with Gasteiger partial charge in [-0.25, -0.2) is 14.5 Å². The maximum Gasteiger partial charge on any atom is 0.320 e. The van der Waals surface area contributed by atoms with Crippen LogP contribution in [0.25, 0.3) is 17.1 Å². The molecule has 4 aromatic rings. The number of hydrogen-bond donors (Lipinski definition) is 3. The van der Waals surface area contributed by atoms with E-state index in [9.17, 15) is 4.79 Å². The number of hydrogen-bond acceptors (Lipinski definition) is 6. The van der Waals surface area contributed by atoms with Gasteiger partial charge >= 0.3 is 6.03 Å². The maximum atomic E-state index is 12.9. The molecular weight excluding hydrogens is 492 g/mol. The van der Waals surface area contributed by atoms with E-state index >= 15 is 0 Å². The highest BCUT2D eigenvalue weighted by Crippen LogP contribution is 2.25. The number of nitrogens with two attached hydrogens (primary N) is 1. The minimum absolute atomic E-state index is 0.0437. The molecular formula is C27H25ClN6O3. The summed E-state index contributed by atoms with van der Waals surface area (Å²) in [6, 6.07) is 19.9. The lowest BCUT2D eigenvalue weighted by molar-refractivity contribution is 0.251. The van der Waals surface area contributed by atoms with E-state index in [4.69, 9.17) is 26.5 Å². The zero-order valence-electron chi connectivity index (χ0n) is 20.0. The Morgan fingerprint density at radius 1 is 1.22 bits per heavy atom. The summed E-state index contributed by atoms with van der Waals surface area (Å²) in [6.45, 7) is 5.71. The van der Waals surface area contributed by atoms with Gasteiger partial charge in [-0.3, -0.25) is 5.32 Å². The Morgan fingerprint density at radius 3 is 2.70 bits per heavy atom. The molecule has 0 aliphatic rings. The third-order valence-corrected chi connectivity index (χ3v) is 5.18. The van der Waals surface area contributed by atoms with Gasteiger partial charge in [-0.2, -0.15) is 5.10 Å². The predicted molar refractivity (Wildman–Crippen MR) is 145 cm³/mol. The third kappa shape index (κ3) is 6.68. The molecule has 4 N–H and O–H groups in total. The molecule has 0 atom stereocenters. The molecule has 37 heavy (non-hydrogen) atoms. The first-order valence-electron chi connectivity index (χ1n) is 11.3. The molecule has 0 aliphatic heterocycles. The van der Waals surface area contributed by atoms with Gasteiger partial charge in [0.25, 0.3) is 0 Å². The molecule has 0 unspecified atom stereocenters. The quantitative estimate of drug-likeness (QED) is 0.157. The van der Waals surface area contributed by atoms with Crippen molar-refractivity contribution < 1.29 is 13.9 Å². The van der Waals surface area contributed by atoms with E-state index in [0.717, 1.165) is 11.3 Å². The summed E-state index contributed by atoms with van der Waals surface area (Å²) in [5, 5.41) is 10.4. The molecule has 2 aromatic carbocycles. The van der Waals surface area contributed by atoms with Crippen LogP contribution in [0.4, 0.5) is 10.6 Å². The van der Waals surface area contributed by atoms with Crippen molar-refractivity contribution in [3.05, 3.63) is 108 Å². The fourth-order valence-corrected chi connectivity index (χ4v) is 3.48. The second kappa shape index (κ2) is 11.8. The van der Waals surface area contributed by atoms with Crippen molar-refractivity contribution in [2.75, 3.05) is 5.32 Å². The summed E-state index contributed by atoms with van der Waals surface area (Å²) in [6.07, 6.45) is 4.30. The lowest BCUT2D eigenvalue weighted by Gasteiger charge is -2.13. The SMILES string of the molecule is C=C(Cl)/N=C(\C=C/N)Oc1ccccc1CNC(=O)Nc1cc(-c2ccco2)nn1-c1ccc(C)cc1. The average Bonchev–Trinajstić information content (AvgIpc) is 3.54. The molecule has 0 bridgehead atoms. The van der Waals surface area contributed by atoms with Crippen LogP contribution in [-0.4, -0.2) is 21.7 Å². The smallest absolute Gasteiger partial charge is 0.320 e. The molecule has 0 fully saturated rings. The van der Waals surface area contributed by atoms with E-state index in [2.05, 4.69) is 27.3 Å². The molecule has 9 nitrogen and oxygen atoms in total. The van der Waals surface area contributed by atoms with Crippen LogP contribution < -0.4 is 21.1 Å². The Kier molecular flexibility index (Phi) is 8.07. The normalized spacial score (nSPS) is 11.5. The van der Waals surface area contributed by atoms with Crippen molar-refractivity contribution >= 4 is 29.3 Å². The van der Waals surface area contributed by atoms with Crippen molar-refractivity contribution in [3.8, 4) is 22.9 Å². The van der Waals surface area contributed by atoms with Crippen LogP contribution in [0.5, 0.6) is 5.75 Å². The number of ether oxygens (including phenoxy) is 1. The zero-order chi connectivity index (χ0) is 26.2. The molecule has 0 saturated carbocycles. The number of amides is 2. The summed E-state index contributed by atoms with van der Waals surface area (Å²) < 4.78 is 13.0. The molecule has 0 radical (unpaired) electrons. The highest BCUT2D eigenvalue weighted by atomic mass is 35.5. The van der Waals surface area contributed by atoms with E-state index in [1.54, 1.807) is 41.3 Å². The first-order chi connectivity index (χ1) is 17.9. The van der Waals surface area contributed by atoms with Crippen LogP contribution in [0.1, 0.15) is 11.1 Å². The van der Waals surface area contributed by atoms with Crippen LogP contribution in [0, 0.1) is 6.92 Å². The van der Waals surface area contributed by atoms with E-state index < -0.39 is 6.03 Å². The van der Waals surface area contributed by atoms with Gasteiger partial charge in [-0.1, -0.05) is 54.1 Å². The number of rotatable bonds is 8. The number of aryl methyl sites for hydroxylation is 1. The summed E-state index contributed by atoms with van der Waals surface area (Å²) in [4.78, 5) is 16.9. The second-order valence-corrected chi connectivity index (χ2v) is 8.28. The largest absolute Gasteiger partial charge is 0.463 e. The third-order valence-electron chi connectivity index (χ3n) is 5.10. The van der Waals surface area contributed by atoms with E-state index in [0.29, 0.717) is 28.6 Å². The fourth-order valence-electron chi connectivity index (χ4n) is 3.39. The molecule has 0 aliphatic carbocycles. The number of nitrogens with zero attached hydrogens (tertiary/aromatic N) is 3. The first kappa shape index (κ1) is 25.3. The van der Waals surface area contributed by atoms with Gasteiger partial charge in [0, 0.05) is 24.3 Å². The van der Waals surface area contributed by atoms with Gasteiger partial charge in [-0.05, 0) is 43.5 Å². The Morgan fingerprint density at radius 2 is 2.00 bits per heavy atom. The molecule has 188 valence electrons. The summed E-state index contributed by atoms with van der Waals surface area (Å²) in [5.41, 5.74) is 8.66. The van der Waals surface area contributed by atoms with Crippen molar-refractivity contribution in [3.63, 3.8) is 0 Å². The number of urea groups is 1. The molecule has 10 heteroatoms. The topological polar surface area (TPSA) is 120 Å². The van der Waals surface area contributed by atoms with E-state index in [-0.39, 0.29) is 17.6 Å². The van der Waals surface area contributed by atoms with E-state index in [1.165, 1.54) is 12.3 Å². The van der Waals surface area contributed by atoms with Crippen LogP contribution in [0.3, 0.4) is 0 Å². The number of anilines is 1. The minimum Gasteiger partial charge on any atom is -0.463 e. The van der Waals surface area contributed by atoms with Crippen LogP contribution >= 0.6 is 11.6 Å². The van der Waals surface area contributed by atoms with Crippen LogP contribution in [0.2, 0.25) is 0 Å². The summed E-state index contributed by atoms with van der Waals surface area (Å²) in [7, 11) is 0. The molecule has 4 rings (SSSR count). The van der Waals surface area contributed by atoms with Gasteiger partial charge in [0.15, 0.2) is 5.76 Å². The van der Waals surface area contributed by atoms with Crippen molar-refractivity contribution in [1.29, 1.82) is 0 Å². The predicted octanol–water partition coefficient (Wildman–Crippen LogP) is 5.72. The first-order valence-corrected chi connectivity index (χ1v) is 11.6. The van der Waals surface area contributed by atoms with Gasteiger partial charge in [0.1, 0.15) is 22.4 Å². The Labute approximate surface area is 218 Å². The monoisotopic (exact) mass is 516 g/mol. The number of furan rings is 1. The van der Waals surface area contributed by atoms with Crippen molar-refractivity contribution in [1.82, 2.24) is 15.1 Å². The van der Waals surface area contributed by atoms with Crippen LogP contribution in [0.15, 0.2) is 106 Å². The van der Waals surface area contributed by atoms with Crippen LogP contribution in [-0.2, 0) is 6.54 Å². The maximum absolute atomic E-state index is 12.9. The Bertz CT molecular complexity index is 1440. The molecule has 0 saturated heterocycles. The molecule has 2 heterocycles. The lowest BCUT2D eigenvalue weighted by atomic mass is 10.2. The number of nitrogens with one attached hydrogen (secondary N) is 2. The lowest BCUT2D eigenvalue weighted by Crippen LogP contribution is -2.29. The number of aromatic nitrogens is 2. The fraction of sp³-hybridized carbons (Fsp3) is 0.0741. The Balaban J connectivity index is 1.51. The zero-order valence-corrected chi connectivity index (χ0v) is 20.8. The number of aliphatic imine (C=N–C) groups is 1. The minimum atomic E-state index is -0.432. The highest BCUT2D eigenvalue weighted by Gasteiger charge is 2.16. The molecule has 2 amide bonds. The summed E-state index contributed by atoms with van der Waals surface area (Å²) >= 11 is 5.78. The molecule has 0 spiro atoms. The number of para-hydroxylation sites is 1. The van der Waals surface area contributed by atoms with Gasteiger partial charge < -0.3 is 20.2 Å². The Hall–Kier alpha value is -4.76. The molecule has 2 aromatic heterocycles. The van der Waals surface area contributed by atoms with Gasteiger partial charge in [0.05, 0.1) is 12.0 Å². The number of benzene rings is 2. The standard InChI is InChI=1S/C27H25ClN6O3/c1-18-9-11-21(12-10-18)34-25(16-22(33-34)24-8-5-15-36-24)32-27(35)30-17-20-6-3-4-7-23(20)37-26(13-14-29)31-19(2)28/h3-16H,2,17,29H2,1H3,(H2,30,32,35)/b14-13-,31-26+. The van der Waals surface area contributed by atoms with E-state index in [1.807, 2.05) is 43.3 Å². The average molecular weight is 517 g/mol. The number of carbonyl (C=O) groups excluding carboxylic acids is 1. The second-order valence-electron chi connectivity index (χ2n) is 7.84. The highest BCUT2D eigenvalue weighted by molar-refractivity contribution is 6.29. The van der Waals surface area contributed by atoms with Gasteiger partial charge in [-0.15, -0.1) is 0 Å². The summed E-state index contributed by atoms with van der Waals surface area (Å²) in [5.74, 6) is 1.69. The number of halogens is 1. The van der Waals surface area contributed by atoms with Crippen molar-refractivity contribution in [2.24, 2.45) is 10.7 Å². The van der Waals surface area contributed by atoms with Crippen molar-refractivity contribution in [2.45, 2.75) is 13.5 Å². The van der Waals surface area contributed by atoms with Gasteiger partial charge in [0.2, 0.25) is 5.90 Å².